The summed E-state index contributed by atoms with van der Waals surface area (Å²) < 4.78 is 46.2. The fraction of sp³-hybridized carbons (Fsp3) is 0.481. The molecule has 1 fully saturated rings. The number of likely N-dealkylation sites (tertiary alicyclic amines) is 1. The number of hydrogen-bond donors (Lipinski definition) is 1. The van der Waals surface area contributed by atoms with Gasteiger partial charge < -0.3 is 10.1 Å². The van der Waals surface area contributed by atoms with Gasteiger partial charge >= 0.3 is 6.18 Å². The number of nitrogens with zero attached hydrogens (tertiary/aromatic N) is 2. The highest BCUT2D eigenvalue weighted by atomic mass is 19.4. The van der Waals surface area contributed by atoms with E-state index >= 15 is 0 Å². The van der Waals surface area contributed by atoms with Crippen molar-refractivity contribution in [3.63, 3.8) is 0 Å². The SMILES string of the molecule is CNC(=O)C1CN(CC2=C(C)c3ccc(OCc4ccc(C(C)C)c(C(F)(F)F)n4)cc3CC2)C1. The molecule has 0 spiro atoms. The first-order valence-electron chi connectivity index (χ1n) is 12.0. The molecule has 4 rings (SSSR count). The van der Waals surface area contributed by atoms with Crippen molar-refractivity contribution < 1.29 is 22.7 Å². The first-order valence-corrected chi connectivity index (χ1v) is 12.0. The second-order valence-electron chi connectivity index (χ2n) is 9.73. The lowest BCUT2D eigenvalue weighted by Gasteiger charge is -2.39. The maximum atomic E-state index is 13.5. The average Bonchev–Trinajstić information content (AvgIpc) is 2.79. The van der Waals surface area contributed by atoms with Gasteiger partial charge in [-0.1, -0.05) is 31.6 Å². The van der Waals surface area contributed by atoms with E-state index in [2.05, 4.69) is 22.1 Å². The first kappa shape index (κ1) is 25.2. The van der Waals surface area contributed by atoms with Gasteiger partial charge in [-0.15, -0.1) is 0 Å². The minimum absolute atomic E-state index is 0.0260. The highest BCUT2D eigenvalue weighted by molar-refractivity contribution is 5.79. The van der Waals surface area contributed by atoms with Crippen LogP contribution >= 0.6 is 0 Å². The van der Waals surface area contributed by atoms with Gasteiger partial charge in [0.1, 0.15) is 18.1 Å². The zero-order chi connectivity index (χ0) is 25.3. The third kappa shape index (κ3) is 5.53. The molecule has 0 saturated carbocycles. The Morgan fingerprint density at radius 2 is 1.94 bits per heavy atom. The van der Waals surface area contributed by atoms with Crippen LogP contribution in [0.4, 0.5) is 13.2 Å². The van der Waals surface area contributed by atoms with Gasteiger partial charge in [-0.05, 0) is 66.1 Å². The monoisotopic (exact) mass is 487 g/mol. The van der Waals surface area contributed by atoms with Crippen LogP contribution in [0.2, 0.25) is 0 Å². The van der Waals surface area contributed by atoms with E-state index in [9.17, 15) is 18.0 Å². The predicted octanol–water partition coefficient (Wildman–Crippen LogP) is 5.20. The molecule has 188 valence electrons. The number of fused-ring (bicyclic) bond motifs is 1. The van der Waals surface area contributed by atoms with Gasteiger partial charge in [-0.25, -0.2) is 4.98 Å². The van der Waals surface area contributed by atoms with Crippen LogP contribution in [0.15, 0.2) is 35.9 Å². The van der Waals surface area contributed by atoms with Crippen molar-refractivity contribution in [3.05, 3.63) is 64.0 Å². The maximum absolute atomic E-state index is 13.5. The predicted molar refractivity (Wildman–Crippen MR) is 129 cm³/mol. The van der Waals surface area contributed by atoms with E-state index in [4.69, 9.17) is 4.74 Å². The van der Waals surface area contributed by atoms with Crippen molar-refractivity contribution >= 4 is 11.5 Å². The Bertz CT molecular complexity index is 1130. The lowest BCUT2D eigenvalue weighted by atomic mass is 9.85. The highest BCUT2D eigenvalue weighted by Crippen LogP contribution is 2.36. The van der Waals surface area contributed by atoms with Crippen LogP contribution in [0.1, 0.15) is 61.2 Å². The van der Waals surface area contributed by atoms with E-state index < -0.39 is 11.9 Å². The van der Waals surface area contributed by atoms with E-state index in [1.54, 1.807) is 27.0 Å². The number of carbonyl (C=O) groups is 1. The number of aryl methyl sites for hydroxylation is 1. The number of halogens is 3. The lowest BCUT2D eigenvalue weighted by molar-refractivity contribution is -0.142. The van der Waals surface area contributed by atoms with Crippen molar-refractivity contribution in [2.24, 2.45) is 5.92 Å². The molecule has 1 amide bonds. The van der Waals surface area contributed by atoms with Crippen molar-refractivity contribution in [3.8, 4) is 5.75 Å². The molecule has 1 aromatic heterocycles. The van der Waals surface area contributed by atoms with Crippen LogP contribution in [0.5, 0.6) is 5.75 Å². The zero-order valence-corrected chi connectivity index (χ0v) is 20.6. The summed E-state index contributed by atoms with van der Waals surface area (Å²) in [4.78, 5) is 17.9. The first-order chi connectivity index (χ1) is 16.6. The van der Waals surface area contributed by atoms with Crippen molar-refractivity contribution in [2.45, 2.75) is 52.3 Å². The molecule has 2 aromatic rings. The van der Waals surface area contributed by atoms with Crippen molar-refractivity contribution in [1.82, 2.24) is 15.2 Å². The smallest absolute Gasteiger partial charge is 0.433 e. The Kier molecular flexibility index (Phi) is 7.22. The highest BCUT2D eigenvalue weighted by Gasteiger charge is 2.36. The minimum atomic E-state index is -4.50. The Balaban J connectivity index is 1.42. The number of aromatic nitrogens is 1. The fourth-order valence-electron chi connectivity index (χ4n) is 4.87. The largest absolute Gasteiger partial charge is 0.487 e. The summed E-state index contributed by atoms with van der Waals surface area (Å²) in [5.74, 6) is 0.544. The number of nitrogens with one attached hydrogen (secondary N) is 1. The van der Waals surface area contributed by atoms with Gasteiger partial charge in [0.25, 0.3) is 0 Å². The summed E-state index contributed by atoms with van der Waals surface area (Å²) in [5.41, 5.74) is 4.60. The molecule has 1 aromatic carbocycles. The van der Waals surface area contributed by atoms with E-state index in [-0.39, 0.29) is 35.6 Å². The third-order valence-electron chi connectivity index (χ3n) is 6.96. The van der Waals surface area contributed by atoms with Crippen LogP contribution in [-0.2, 0) is 24.0 Å². The number of alkyl halides is 3. The normalized spacial score (nSPS) is 16.8. The van der Waals surface area contributed by atoms with Crippen LogP contribution in [0.25, 0.3) is 5.57 Å². The van der Waals surface area contributed by atoms with Gasteiger partial charge in [-0.3, -0.25) is 9.69 Å². The van der Waals surface area contributed by atoms with Gasteiger partial charge in [0.15, 0.2) is 0 Å². The average molecular weight is 488 g/mol. The molecule has 0 unspecified atom stereocenters. The summed E-state index contributed by atoms with van der Waals surface area (Å²) in [7, 11) is 1.67. The number of allylic oxidation sites excluding steroid dienone is 1. The summed E-state index contributed by atoms with van der Waals surface area (Å²) in [6, 6.07) is 8.97. The Morgan fingerprint density at radius 3 is 2.60 bits per heavy atom. The van der Waals surface area contributed by atoms with Crippen LogP contribution in [0.3, 0.4) is 0 Å². The summed E-state index contributed by atoms with van der Waals surface area (Å²) in [6.45, 7) is 8.00. The van der Waals surface area contributed by atoms with E-state index in [1.807, 2.05) is 18.2 Å². The number of pyridine rings is 1. The van der Waals surface area contributed by atoms with Gasteiger partial charge in [0.05, 0.1) is 11.6 Å². The molecule has 0 radical (unpaired) electrons. The number of carbonyl (C=O) groups excluding carboxylic acids is 1. The molecule has 35 heavy (non-hydrogen) atoms. The molecule has 1 N–H and O–H groups in total. The third-order valence-corrected chi connectivity index (χ3v) is 6.96. The maximum Gasteiger partial charge on any atom is 0.433 e. The van der Waals surface area contributed by atoms with E-state index in [1.165, 1.54) is 28.3 Å². The number of ether oxygens (including phenoxy) is 1. The molecule has 2 aliphatic rings. The molecular formula is C27H32F3N3O2. The summed E-state index contributed by atoms with van der Waals surface area (Å²) in [5, 5.41) is 2.71. The molecule has 1 aliphatic carbocycles. The van der Waals surface area contributed by atoms with Gasteiger partial charge in [0, 0.05) is 26.7 Å². The van der Waals surface area contributed by atoms with E-state index in [0.29, 0.717) is 5.75 Å². The van der Waals surface area contributed by atoms with Crippen LogP contribution in [-0.4, -0.2) is 42.5 Å². The molecule has 1 aliphatic heterocycles. The molecule has 0 atom stereocenters. The van der Waals surface area contributed by atoms with Gasteiger partial charge in [0.2, 0.25) is 5.91 Å². The second-order valence-corrected chi connectivity index (χ2v) is 9.73. The number of hydrogen-bond acceptors (Lipinski definition) is 4. The topological polar surface area (TPSA) is 54.5 Å². The minimum Gasteiger partial charge on any atom is -0.487 e. The van der Waals surface area contributed by atoms with Crippen molar-refractivity contribution in [2.75, 3.05) is 26.7 Å². The standard InChI is InChI=1S/C27H32F3N3O2/c1-16(2)23-9-7-21(32-25(23)27(28,29)30)15-35-22-8-10-24-17(3)19(6-5-18(24)11-22)12-33-13-20(14-33)26(34)31-4/h7-11,16,20H,5-6,12-15H2,1-4H3,(H,31,34). The molecule has 0 bridgehead atoms. The van der Waals surface area contributed by atoms with Crippen LogP contribution in [0, 0.1) is 5.92 Å². The van der Waals surface area contributed by atoms with Crippen LogP contribution < -0.4 is 10.1 Å². The molecular weight excluding hydrogens is 455 g/mol. The van der Waals surface area contributed by atoms with E-state index in [0.717, 1.165) is 32.5 Å². The van der Waals surface area contributed by atoms with Crippen molar-refractivity contribution in [1.29, 1.82) is 0 Å². The number of benzene rings is 1. The second kappa shape index (κ2) is 10.0. The molecule has 1 saturated heterocycles. The lowest BCUT2D eigenvalue weighted by Crippen LogP contribution is -2.53. The summed E-state index contributed by atoms with van der Waals surface area (Å²) >= 11 is 0. The molecule has 5 nitrogen and oxygen atoms in total. The Morgan fingerprint density at radius 1 is 1.20 bits per heavy atom. The number of rotatable bonds is 7. The Hall–Kier alpha value is -2.87. The quantitative estimate of drug-likeness (QED) is 0.583. The zero-order valence-electron chi connectivity index (χ0n) is 20.6. The Labute approximate surface area is 204 Å². The molecule has 8 heteroatoms. The number of amides is 1. The molecule has 2 heterocycles. The fourth-order valence-corrected chi connectivity index (χ4v) is 4.87. The van der Waals surface area contributed by atoms with Gasteiger partial charge in [-0.2, -0.15) is 13.2 Å². The summed E-state index contributed by atoms with van der Waals surface area (Å²) in [6.07, 6.45) is -2.68.